The summed E-state index contributed by atoms with van der Waals surface area (Å²) in [6.07, 6.45) is 1.60. The van der Waals surface area contributed by atoms with Gasteiger partial charge in [0.1, 0.15) is 5.82 Å². The van der Waals surface area contributed by atoms with Crippen molar-refractivity contribution in [2.45, 2.75) is 5.16 Å². The van der Waals surface area contributed by atoms with Crippen molar-refractivity contribution < 1.29 is 9.18 Å². The highest BCUT2D eigenvalue weighted by atomic mass is 32.2. The van der Waals surface area contributed by atoms with Gasteiger partial charge in [-0.15, -0.1) is 11.7 Å². The minimum atomic E-state index is -0.371. The normalized spacial score (nSPS) is 10.2. The number of H-pyrrole nitrogens is 1. The predicted molar refractivity (Wildman–Crippen MR) is 75.7 cm³/mol. The number of thioether (sulfide) groups is 1. The third kappa shape index (κ3) is 3.67. The quantitative estimate of drug-likeness (QED) is 0.631. The average Bonchev–Trinajstić information content (AvgIpc) is 2.92. The second-order valence-electron chi connectivity index (χ2n) is 3.83. The number of nitrogens with zero attached hydrogens (tertiary/aromatic N) is 2. The van der Waals surface area contributed by atoms with Crippen LogP contribution in [0.2, 0.25) is 0 Å². The second-order valence-corrected chi connectivity index (χ2v) is 4.77. The Balaban J connectivity index is 1.98. The van der Waals surface area contributed by atoms with E-state index in [2.05, 4.69) is 27.1 Å². The van der Waals surface area contributed by atoms with Gasteiger partial charge in [-0.25, -0.2) is 9.37 Å². The van der Waals surface area contributed by atoms with Crippen LogP contribution < -0.4 is 5.32 Å². The van der Waals surface area contributed by atoms with Crippen molar-refractivity contribution in [1.82, 2.24) is 20.5 Å². The summed E-state index contributed by atoms with van der Waals surface area (Å²) in [5.74, 6) is 0.0377. The monoisotopic (exact) mass is 292 g/mol. The molecule has 1 amide bonds. The first-order valence-electron chi connectivity index (χ1n) is 5.88. The smallest absolute Gasteiger partial charge is 0.230 e. The SMILES string of the molecule is C=CCNC(=O)CSc1n[nH]c(-c2ccccc2F)n1. The van der Waals surface area contributed by atoms with Crippen molar-refractivity contribution >= 4 is 17.7 Å². The molecule has 2 rings (SSSR count). The molecule has 0 saturated carbocycles. The van der Waals surface area contributed by atoms with Gasteiger partial charge in [-0.05, 0) is 12.1 Å². The summed E-state index contributed by atoms with van der Waals surface area (Å²) >= 11 is 1.18. The van der Waals surface area contributed by atoms with Crippen LogP contribution in [-0.2, 0) is 4.79 Å². The van der Waals surface area contributed by atoms with Gasteiger partial charge >= 0.3 is 0 Å². The lowest BCUT2D eigenvalue weighted by molar-refractivity contribution is -0.118. The molecule has 0 atom stereocenters. The molecule has 0 bridgehead atoms. The number of carbonyl (C=O) groups is 1. The minimum absolute atomic E-state index is 0.132. The van der Waals surface area contributed by atoms with Crippen molar-refractivity contribution in [3.8, 4) is 11.4 Å². The number of nitrogens with one attached hydrogen (secondary N) is 2. The highest BCUT2D eigenvalue weighted by molar-refractivity contribution is 7.99. The molecule has 0 unspecified atom stereocenters. The summed E-state index contributed by atoms with van der Waals surface area (Å²) in [6, 6.07) is 6.29. The fourth-order valence-corrected chi connectivity index (χ4v) is 2.08. The Kier molecular flexibility index (Phi) is 4.89. The van der Waals surface area contributed by atoms with Crippen LogP contribution in [-0.4, -0.2) is 33.4 Å². The van der Waals surface area contributed by atoms with Crippen LogP contribution in [0.5, 0.6) is 0 Å². The van der Waals surface area contributed by atoms with Gasteiger partial charge in [0, 0.05) is 6.54 Å². The Morgan fingerprint density at radius 2 is 2.30 bits per heavy atom. The molecular formula is C13H13FN4OS. The Labute approximate surface area is 119 Å². The predicted octanol–water partition coefficient (Wildman–Crippen LogP) is 2.01. The van der Waals surface area contributed by atoms with E-state index in [1.165, 1.54) is 17.8 Å². The summed E-state index contributed by atoms with van der Waals surface area (Å²) in [4.78, 5) is 15.6. The van der Waals surface area contributed by atoms with E-state index in [-0.39, 0.29) is 17.5 Å². The molecule has 104 valence electrons. The van der Waals surface area contributed by atoms with Crippen molar-refractivity contribution in [2.24, 2.45) is 0 Å². The van der Waals surface area contributed by atoms with Gasteiger partial charge in [0.15, 0.2) is 5.82 Å². The molecule has 7 heteroatoms. The van der Waals surface area contributed by atoms with Gasteiger partial charge in [0.25, 0.3) is 0 Å². The van der Waals surface area contributed by atoms with Gasteiger partial charge < -0.3 is 5.32 Å². The molecule has 0 aliphatic carbocycles. The number of aromatic amines is 1. The Hall–Kier alpha value is -2.15. The van der Waals surface area contributed by atoms with E-state index in [0.29, 0.717) is 23.1 Å². The summed E-state index contributed by atoms with van der Waals surface area (Å²) in [5.41, 5.74) is 0.350. The number of halogens is 1. The number of hydrogen-bond acceptors (Lipinski definition) is 4. The fourth-order valence-electron chi connectivity index (χ4n) is 1.45. The molecule has 1 aromatic heterocycles. The van der Waals surface area contributed by atoms with Crippen molar-refractivity contribution in [1.29, 1.82) is 0 Å². The Morgan fingerprint density at radius 1 is 1.50 bits per heavy atom. The molecule has 0 spiro atoms. The first-order chi connectivity index (χ1) is 9.70. The van der Waals surface area contributed by atoms with Crippen LogP contribution in [0.25, 0.3) is 11.4 Å². The highest BCUT2D eigenvalue weighted by Gasteiger charge is 2.11. The van der Waals surface area contributed by atoms with Crippen LogP contribution in [0.4, 0.5) is 4.39 Å². The molecule has 0 saturated heterocycles. The fraction of sp³-hybridized carbons (Fsp3) is 0.154. The standard InChI is InChI=1S/C13H13FN4OS/c1-2-7-15-11(19)8-20-13-16-12(17-18-13)9-5-3-4-6-10(9)14/h2-6H,1,7-8H2,(H,15,19)(H,16,17,18). The lowest BCUT2D eigenvalue weighted by Gasteiger charge is -1.99. The molecule has 5 nitrogen and oxygen atoms in total. The third-order valence-electron chi connectivity index (χ3n) is 2.37. The van der Waals surface area contributed by atoms with Crippen molar-refractivity contribution in [3.05, 3.63) is 42.7 Å². The number of benzene rings is 1. The molecule has 2 N–H and O–H groups in total. The largest absolute Gasteiger partial charge is 0.352 e. The summed E-state index contributed by atoms with van der Waals surface area (Å²) in [5, 5.41) is 9.65. The van der Waals surface area contributed by atoms with Crippen molar-refractivity contribution in [3.63, 3.8) is 0 Å². The number of rotatable bonds is 6. The molecule has 2 aromatic rings. The zero-order valence-corrected chi connectivity index (χ0v) is 11.4. The summed E-state index contributed by atoms with van der Waals surface area (Å²) in [6.45, 7) is 3.93. The van der Waals surface area contributed by atoms with Crippen LogP contribution >= 0.6 is 11.8 Å². The molecule has 1 heterocycles. The molecule has 0 radical (unpaired) electrons. The van der Waals surface area contributed by atoms with E-state index in [4.69, 9.17) is 0 Å². The van der Waals surface area contributed by atoms with Gasteiger partial charge in [-0.1, -0.05) is 30.0 Å². The minimum Gasteiger partial charge on any atom is -0.352 e. The first kappa shape index (κ1) is 14.3. The van der Waals surface area contributed by atoms with Crippen LogP contribution in [0, 0.1) is 5.82 Å². The van der Waals surface area contributed by atoms with Crippen LogP contribution in [0.1, 0.15) is 0 Å². The van der Waals surface area contributed by atoms with Crippen LogP contribution in [0.15, 0.2) is 42.1 Å². The summed E-state index contributed by atoms with van der Waals surface area (Å²) in [7, 11) is 0. The maximum Gasteiger partial charge on any atom is 0.230 e. The number of amides is 1. The topological polar surface area (TPSA) is 70.7 Å². The Bertz CT molecular complexity index is 614. The molecular weight excluding hydrogens is 279 g/mol. The van der Waals surface area contributed by atoms with Gasteiger partial charge in [-0.3, -0.25) is 9.89 Å². The zero-order chi connectivity index (χ0) is 14.4. The van der Waals surface area contributed by atoms with Gasteiger partial charge in [0.2, 0.25) is 11.1 Å². The van der Waals surface area contributed by atoms with E-state index >= 15 is 0 Å². The molecule has 20 heavy (non-hydrogen) atoms. The molecule has 1 aromatic carbocycles. The maximum absolute atomic E-state index is 13.6. The van der Waals surface area contributed by atoms with E-state index in [1.54, 1.807) is 24.3 Å². The number of carbonyl (C=O) groups excluding carboxylic acids is 1. The third-order valence-corrected chi connectivity index (χ3v) is 3.22. The molecule has 0 aliphatic heterocycles. The lowest BCUT2D eigenvalue weighted by Crippen LogP contribution is -2.24. The average molecular weight is 292 g/mol. The van der Waals surface area contributed by atoms with Crippen LogP contribution in [0.3, 0.4) is 0 Å². The summed E-state index contributed by atoms with van der Waals surface area (Å²) < 4.78 is 13.6. The number of aromatic nitrogens is 3. The van der Waals surface area contributed by atoms with E-state index in [1.807, 2.05) is 0 Å². The van der Waals surface area contributed by atoms with E-state index in [9.17, 15) is 9.18 Å². The first-order valence-corrected chi connectivity index (χ1v) is 6.87. The van der Waals surface area contributed by atoms with E-state index < -0.39 is 0 Å². The van der Waals surface area contributed by atoms with Crippen molar-refractivity contribution in [2.75, 3.05) is 12.3 Å². The van der Waals surface area contributed by atoms with E-state index in [0.717, 1.165) is 0 Å². The zero-order valence-electron chi connectivity index (χ0n) is 10.6. The lowest BCUT2D eigenvalue weighted by atomic mass is 10.2. The number of hydrogen-bond donors (Lipinski definition) is 2. The van der Waals surface area contributed by atoms with Gasteiger partial charge in [0.05, 0.1) is 11.3 Å². The highest BCUT2D eigenvalue weighted by Crippen LogP contribution is 2.21. The second kappa shape index (κ2) is 6.85. The van der Waals surface area contributed by atoms with Gasteiger partial charge in [-0.2, -0.15) is 0 Å². The molecule has 0 aliphatic rings. The maximum atomic E-state index is 13.6. The molecule has 0 fully saturated rings. The Morgan fingerprint density at radius 3 is 3.05 bits per heavy atom.